The summed E-state index contributed by atoms with van der Waals surface area (Å²) >= 11 is 0. The molecule has 4 rings (SSSR count). The van der Waals surface area contributed by atoms with E-state index in [0.717, 1.165) is 43.8 Å². The van der Waals surface area contributed by atoms with Crippen molar-refractivity contribution in [3.63, 3.8) is 0 Å². The van der Waals surface area contributed by atoms with E-state index in [1.165, 1.54) is 23.1 Å². The Labute approximate surface area is 190 Å². The maximum absolute atomic E-state index is 12.9. The van der Waals surface area contributed by atoms with Crippen molar-refractivity contribution < 1.29 is 22.7 Å². The first-order valence-electron chi connectivity index (χ1n) is 10.9. The van der Waals surface area contributed by atoms with Gasteiger partial charge in [-0.15, -0.1) is 13.2 Å². The molecule has 1 amide bonds. The summed E-state index contributed by atoms with van der Waals surface area (Å²) < 4.78 is 42.2. The lowest BCUT2D eigenvalue weighted by Crippen LogP contribution is -2.49. The van der Waals surface area contributed by atoms with Crippen molar-refractivity contribution in [1.29, 1.82) is 0 Å². The molecule has 2 fully saturated rings. The van der Waals surface area contributed by atoms with E-state index in [2.05, 4.69) is 26.6 Å². The van der Waals surface area contributed by atoms with Crippen LogP contribution >= 0.6 is 0 Å². The SMILES string of the molecule is Cc1cc(N2CCN(C)CC2)nc(N2CCN(C(=O)c3ccccc3OC(F)(F)F)CC2)n1. The summed E-state index contributed by atoms with van der Waals surface area (Å²) in [6.07, 6.45) is -4.86. The average Bonchev–Trinajstić information content (AvgIpc) is 2.78. The highest BCUT2D eigenvalue weighted by Gasteiger charge is 2.34. The summed E-state index contributed by atoms with van der Waals surface area (Å²) in [5, 5.41) is 0. The second-order valence-corrected chi connectivity index (χ2v) is 8.28. The zero-order valence-corrected chi connectivity index (χ0v) is 18.7. The minimum absolute atomic E-state index is 0.104. The van der Waals surface area contributed by atoms with Crippen molar-refractivity contribution in [2.75, 3.05) is 69.2 Å². The van der Waals surface area contributed by atoms with Gasteiger partial charge in [0, 0.05) is 64.1 Å². The first kappa shape index (κ1) is 23.1. The van der Waals surface area contributed by atoms with Crippen LogP contribution in [0.4, 0.5) is 24.9 Å². The molecule has 0 saturated carbocycles. The van der Waals surface area contributed by atoms with Gasteiger partial charge in [-0.25, -0.2) is 4.98 Å². The Bertz CT molecular complexity index is 986. The minimum Gasteiger partial charge on any atom is -0.405 e. The molecule has 0 atom stereocenters. The van der Waals surface area contributed by atoms with Crippen molar-refractivity contribution in [3.05, 3.63) is 41.6 Å². The lowest BCUT2D eigenvalue weighted by Gasteiger charge is -2.36. The van der Waals surface area contributed by atoms with E-state index >= 15 is 0 Å². The van der Waals surface area contributed by atoms with Crippen molar-refractivity contribution in [1.82, 2.24) is 19.8 Å². The van der Waals surface area contributed by atoms with Gasteiger partial charge in [-0.3, -0.25) is 4.79 Å². The van der Waals surface area contributed by atoms with E-state index in [-0.39, 0.29) is 5.56 Å². The standard InChI is InChI=1S/C22H27F3N6O2/c1-16-15-19(29-9-7-28(2)8-10-29)27-21(26-16)31-13-11-30(12-14-31)20(32)17-5-3-4-6-18(17)33-22(23,24)25/h3-6,15H,7-14H2,1-2H3. The molecular formula is C22H27F3N6O2. The van der Waals surface area contributed by atoms with Gasteiger partial charge in [0.15, 0.2) is 0 Å². The summed E-state index contributed by atoms with van der Waals surface area (Å²) in [4.78, 5) is 30.3. The lowest BCUT2D eigenvalue weighted by molar-refractivity contribution is -0.274. The zero-order valence-electron chi connectivity index (χ0n) is 18.7. The number of nitrogens with zero attached hydrogens (tertiary/aromatic N) is 6. The van der Waals surface area contributed by atoms with Crippen LogP contribution in [0.25, 0.3) is 0 Å². The number of hydrogen-bond donors (Lipinski definition) is 0. The molecule has 33 heavy (non-hydrogen) atoms. The maximum Gasteiger partial charge on any atom is 0.573 e. The number of para-hydroxylation sites is 1. The van der Waals surface area contributed by atoms with Crippen LogP contribution < -0.4 is 14.5 Å². The van der Waals surface area contributed by atoms with Crippen LogP contribution in [0.5, 0.6) is 5.75 Å². The lowest BCUT2D eigenvalue weighted by atomic mass is 10.1. The summed E-state index contributed by atoms with van der Waals surface area (Å²) in [5.74, 6) is 0.521. The quantitative estimate of drug-likeness (QED) is 0.689. The minimum atomic E-state index is -4.86. The molecule has 0 N–H and O–H groups in total. The summed E-state index contributed by atoms with van der Waals surface area (Å²) in [6.45, 7) is 7.33. The average molecular weight is 464 g/mol. The second kappa shape index (κ2) is 9.42. The Hall–Kier alpha value is -3.08. The Morgan fingerprint density at radius 2 is 1.58 bits per heavy atom. The first-order valence-corrected chi connectivity index (χ1v) is 10.9. The van der Waals surface area contributed by atoms with E-state index in [9.17, 15) is 18.0 Å². The number of alkyl halides is 3. The van der Waals surface area contributed by atoms with E-state index in [0.29, 0.717) is 32.1 Å². The molecule has 2 saturated heterocycles. The largest absolute Gasteiger partial charge is 0.573 e. The zero-order chi connectivity index (χ0) is 23.6. The van der Waals surface area contributed by atoms with E-state index < -0.39 is 18.0 Å². The van der Waals surface area contributed by atoms with Crippen LogP contribution in [0.3, 0.4) is 0 Å². The Balaban J connectivity index is 1.43. The molecule has 2 aromatic rings. The highest BCUT2D eigenvalue weighted by molar-refractivity contribution is 5.97. The molecule has 8 nitrogen and oxygen atoms in total. The van der Waals surface area contributed by atoms with Gasteiger partial charge in [0.25, 0.3) is 5.91 Å². The number of amides is 1. The number of aromatic nitrogens is 2. The van der Waals surface area contributed by atoms with E-state index in [1.807, 2.05) is 17.9 Å². The number of rotatable bonds is 4. The van der Waals surface area contributed by atoms with Gasteiger partial charge in [-0.05, 0) is 26.1 Å². The monoisotopic (exact) mass is 464 g/mol. The molecule has 1 aromatic carbocycles. The summed E-state index contributed by atoms with van der Waals surface area (Å²) in [6, 6.07) is 7.40. The third kappa shape index (κ3) is 5.65. The molecule has 2 aliphatic rings. The Morgan fingerprint density at radius 1 is 0.939 bits per heavy atom. The van der Waals surface area contributed by atoms with E-state index in [4.69, 9.17) is 4.98 Å². The van der Waals surface area contributed by atoms with Gasteiger partial charge in [-0.1, -0.05) is 12.1 Å². The molecule has 0 bridgehead atoms. The van der Waals surface area contributed by atoms with Crippen LogP contribution in [-0.2, 0) is 0 Å². The molecule has 2 aliphatic heterocycles. The second-order valence-electron chi connectivity index (χ2n) is 8.28. The number of benzene rings is 1. The molecule has 11 heteroatoms. The van der Waals surface area contributed by atoms with Gasteiger partial charge in [-0.2, -0.15) is 4.98 Å². The smallest absolute Gasteiger partial charge is 0.405 e. The highest BCUT2D eigenvalue weighted by Crippen LogP contribution is 2.28. The summed E-state index contributed by atoms with van der Waals surface area (Å²) in [5.41, 5.74) is 0.762. The number of carbonyl (C=O) groups is 1. The number of hydrogen-bond acceptors (Lipinski definition) is 7. The summed E-state index contributed by atoms with van der Waals surface area (Å²) in [7, 11) is 2.10. The predicted octanol–water partition coefficient (Wildman–Crippen LogP) is 2.40. The third-order valence-corrected chi connectivity index (χ3v) is 5.85. The van der Waals surface area contributed by atoms with Crippen molar-refractivity contribution in [2.45, 2.75) is 13.3 Å². The van der Waals surface area contributed by atoms with E-state index in [1.54, 1.807) is 0 Å². The van der Waals surface area contributed by atoms with Gasteiger partial charge in [0.2, 0.25) is 5.95 Å². The number of aryl methyl sites for hydroxylation is 1. The first-order chi connectivity index (χ1) is 15.7. The number of likely N-dealkylation sites (N-methyl/N-ethyl adjacent to an activating group) is 1. The molecular weight excluding hydrogens is 437 g/mol. The molecule has 1 aromatic heterocycles. The Kier molecular flexibility index (Phi) is 6.59. The van der Waals surface area contributed by atoms with Gasteiger partial charge < -0.3 is 24.3 Å². The van der Waals surface area contributed by atoms with Crippen molar-refractivity contribution >= 4 is 17.7 Å². The highest BCUT2D eigenvalue weighted by atomic mass is 19.4. The van der Waals surface area contributed by atoms with Gasteiger partial charge in [0.05, 0.1) is 5.56 Å². The topological polar surface area (TPSA) is 65.0 Å². The number of ether oxygens (including phenoxy) is 1. The van der Waals surface area contributed by atoms with Gasteiger partial charge in [0.1, 0.15) is 11.6 Å². The fraction of sp³-hybridized carbons (Fsp3) is 0.500. The van der Waals surface area contributed by atoms with Gasteiger partial charge >= 0.3 is 6.36 Å². The molecule has 0 aliphatic carbocycles. The molecule has 0 spiro atoms. The van der Waals surface area contributed by atoms with Crippen LogP contribution in [0, 0.1) is 6.92 Å². The van der Waals surface area contributed by atoms with Crippen molar-refractivity contribution in [3.8, 4) is 5.75 Å². The van der Waals surface area contributed by atoms with Crippen LogP contribution in [-0.4, -0.2) is 91.4 Å². The third-order valence-electron chi connectivity index (χ3n) is 5.85. The van der Waals surface area contributed by atoms with Crippen LogP contribution in [0.2, 0.25) is 0 Å². The number of halogens is 3. The molecule has 0 radical (unpaired) electrons. The predicted molar refractivity (Wildman–Crippen MR) is 118 cm³/mol. The molecule has 178 valence electrons. The maximum atomic E-state index is 12.9. The molecule has 3 heterocycles. The van der Waals surface area contributed by atoms with Crippen LogP contribution in [0.1, 0.15) is 16.1 Å². The Morgan fingerprint density at radius 3 is 2.24 bits per heavy atom. The molecule has 0 unspecified atom stereocenters. The fourth-order valence-corrected chi connectivity index (χ4v) is 4.01. The van der Waals surface area contributed by atoms with Crippen LogP contribution in [0.15, 0.2) is 30.3 Å². The van der Waals surface area contributed by atoms with Crippen molar-refractivity contribution in [2.24, 2.45) is 0 Å². The fourth-order valence-electron chi connectivity index (χ4n) is 4.01. The number of anilines is 2. The number of carbonyl (C=O) groups excluding carboxylic acids is 1. The number of piperazine rings is 2. The normalized spacial score (nSPS) is 17.9.